The van der Waals surface area contributed by atoms with Gasteiger partial charge in [-0.2, -0.15) is 0 Å². The first-order valence-electron chi connectivity index (χ1n) is 7.79. The van der Waals surface area contributed by atoms with Gasteiger partial charge in [0.1, 0.15) is 0 Å². The minimum absolute atomic E-state index is 0.116. The summed E-state index contributed by atoms with van der Waals surface area (Å²) in [7, 11) is 2.00. The predicted molar refractivity (Wildman–Crippen MR) is 75.4 cm³/mol. The lowest BCUT2D eigenvalue weighted by Crippen LogP contribution is -2.44. The van der Waals surface area contributed by atoms with Gasteiger partial charge in [0.25, 0.3) is 0 Å². The number of carbonyl (C=O) groups excluding carboxylic acids is 1. The van der Waals surface area contributed by atoms with Crippen molar-refractivity contribution in [2.75, 3.05) is 33.4 Å². The van der Waals surface area contributed by atoms with Gasteiger partial charge in [-0.3, -0.25) is 9.69 Å². The molecule has 1 saturated heterocycles. The number of hydrogen-bond donors (Lipinski definition) is 0. The molecule has 0 aromatic heterocycles. The van der Waals surface area contributed by atoms with Gasteiger partial charge in [-0.05, 0) is 26.3 Å². The van der Waals surface area contributed by atoms with Crippen LogP contribution in [0.2, 0.25) is 0 Å². The van der Waals surface area contributed by atoms with Gasteiger partial charge in [0.05, 0.1) is 26.4 Å². The Balaban J connectivity index is 1.68. The van der Waals surface area contributed by atoms with E-state index in [1.54, 1.807) is 0 Å². The largest absolute Gasteiger partial charge is 0.465 e. The average Bonchev–Trinajstić information content (AvgIpc) is 2.88. The molecule has 0 aromatic rings. The molecular weight excluding hydrogens is 258 g/mol. The summed E-state index contributed by atoms with van der Waals surface area (Å²) in [5.41, 5.74) is 0. The third-order valence-electron chi connectivity index (χ3n) is 4.29. The van der Waals surface area contributed by atoms with Crippen LogP contribution in [0.25, 0.3) is 0 Å². The summed E-state index contributed by atoms with van der Waals surface area (Å²) in [6.07, 6.45) is 5.86. The van der Waals surface area contributed by atoms with Gasteiger partial charge in [0.2, 0.25) is 0 Å². The molecule has 1 aliphatic carbocycles. The number of nitrogens with zero attached hydrogens (tertiary/aromatic N) is 1. The summed E-state index contributed by atoms with van der Waals surface area (Å²) in [4.78, 5) is 13.8. The standard InChI is InChI=1S/C15H27NO4/c1-3-4-9-18-14(17)12-16(2)13-5-7-15(8-6-13)19-10-11-20-15/h13H,3-12H2,1-2H3. The van der Waals surface area contributed by atoms with Gasteiger partial charge in [0.15, 0.2) is 5.79 Å². The molecule has 0 unspecified atom stereocenters. The predicted octanol–water partition coefficient (Wildman–Crippen LogP) is 1.95. The van der Waals surface area contributed by atoms with Crippen LogP contribution in [0.1, 0.15) is 45.4 Å². The lowest BCUT2D eigenvalue weighted by atomic mass is 9.89. The summed E-state index contributed by atoms with van der Waals surface area (Å²) < 4.78 is 16.7. The molecule has 1 heterocycles. The third kappa shape index (κ3) is 4.17. The SMILES string of the molecule is CCCCOC(=O)CN(C)C1CCC2(CC1)OCCO2. The minimum Gasteiger partial charge on any atom is -0.465 e. The van der Waals surface area contributed by atoms with Gasteiger partial charge in [-0.15, -0.1) is 0 Å². The maximum absolute atomic E-state index is 11.7. The highest BCUT2D eigenvalue weighted by Crippen LogP contribution is 2.36. The molecule has 0 atom stereocenters. The fourth-order valence-corrected chi connectivity index (χ4v) is 2.98. The van der Waals surface area contributed by atoms with E-state index in [2.05, 4.69) is 11.8 Å². The van der Waals surface area contributed by atoms with E-state index in [1.165, 1.54) is 0 Å². The van der Waals surface area contributed by atoms with E-state index in [9.17, 15) is 4.79 Å². The Morgan fingerprint density at radius 2 is 1.95 bits per heavy atom. The second-order valence-electron chi connectivity index (χ2n) is 5.83. The van der Waals surface area contributed by atoms with Gasteiger partial charge in [-0.25, -0.2) is 0 Å². The summed E-state index contributed by atoms with van der Waals surface area (Å²) in [5, 5.41) is 0. The molecule has 2 fully saturated rings. The molecule has 20 heavy (non-hydrogen) atoms. The molecule has 5 heteroatoms. The fourth-order valence-electron chi connectivity index (χ4n) is 2.98. The molecule has 0 radical (unpaired) electrons. The summed E-state index contributed by atoms with van der Waals surface area (Å²) >= 11 is 0. The Kier molecular flexibility index (Phi) is 5.81. The van der Waals surface area contributed by atoms with Crippen molar-refractivity contribution < 1.29 is 19.0 Å². The zero-order chi connectivity index (χ0) is 14.4. The first-order valence-corrected chi connectivity index (χ1v) is 7.79. The topological polar surface area (TPSA) is 48.0 Å². The van der Waals surface area contributed by atoms with Crippen molar-refractivity contribution in [1.82, 2.24) is 4.90 Å². The Morgan fingerprint density at radius 1 is 1.30 bits per heavy atom. The second-order valence-corrected chi connectivity index (χ2v) is 5.83. The Bertz CT molecular complexity index is 305. The van der Waals surface area contributed by atoms with Gasteiger partial charge in [-0.1, -0.05) is 13.3 Å². The maximum Gasteiger partial charge on any atom is 0.320 e. The molecule has 0 bridgehead atoms. The second kappa shape index (κ2) is 7.38. The summed E-state index contributed by atoms with van der Waals surface area (Å²) in [5.74, 6) is -0.437. The first kappa shape index (κ1) is 15.7. The lowest BCUT2D eigenvalue weighted by molar-refractivity contribution is -0.183. The number of ether oxygens (including phenoxy) is 3. The van der Waals surface area contributed by atoms with Crippen LogP contribution < -0.4 is 0 Å². The van der Waals surface area contributed by atoms with E-state index in [4.69, 9.17) is 14.2 Å². The highest BCUT2D eigenvalue weighted by atomic mass is 16.7. The molecule has 5 nitrogen and oxygen atoms in total. The highest BCUT2D eigenvalue weighted by molar-refractivity contribution is 5.71. The quantitative estimate of drug-likeness (QED) is 0.551. The van der Waals surface area contributed by atoms with Crippen LogP contribution >= 0.6 is 0 Å². The number of likely N-dealkylation sites (N-methyl/N-ethyl adjacent to an activating group) is 1. The van der Waals surface area contributed by atoms with E-state index in [0.717, 1.165) is 38.5 Å². The van der Waals surface area contributed by atoms with E-state index in [0.29, 0.717) is 32.4 Å². The number of esters is 1. The van der Waals surface area contributed by atoms with E-state index in [-0.39, 0.29) is 11.8 Å². The van der Waals surface area contributed by atoms with Gasteiger partial charge < -0.3 is 14.2 Å². The van der Waals surface area contributed by atoms with E-state index < -0.39 is 0 Å². The molecule has 2 rings (SSSR count). The lowest BCUT2D eigenvalue weighted by Gasteiger charge is -2.38. The van der Waals surface area contributed by atoms with Crippen molar-refractivity contribution in [1.29, 1.82) is 0 Å². The zero-order valence-electron chi connectivity index (χ0n) is 12.7. The van der Waals surface area contributed by atoms with Crippen LogP contribution in [-0.4, -0.2) is 56.1 Å². The van der Waals surface area contributed by atoms with E-state index in [1.807, 2.05) is 7.05 Å². The fraction of sp³-hybridized carbons (Fsp3) is 0.933. The van der Waals surface area contributed by atoms with Crippen LogP contribution in [0, 0.1) is 0 Å². The number of unbranched alkanes of at least 4 members (excludes halogenated alkanes) is 1. The molecule has 0 amide bonds. The number of carbonyl (C=O) groups is 1. The van der Waals surface area contributed by atoms with Gasteiger partial charge >= 0.3 is 5.97 Å². The van der Waals surface area contributed by atoms with Crippen LogP contribution in [-0.2, 0) is 19.0 Å². The van der Waals surface area contributed by atoms with Crippen molar-refractivity contribution in [3.63, 3.8) is 0 Å². The van der Waals surface area contributed by atoms with Crippen molar-refractivity contribution in [3.05, 3.63) is 0 Å². The summed E-state index contributed by atoms with van der Waals surface area (Å²) in [6, 6.07) is 0.423. The number of rotatable bonds is 6. The van der Waals surface area contributed by atoms with E-state index >= 15 is 0 Å². The minimum atomic E-state index is -0.320. The smallest absolute Gasteiger partial charge is 0.320 e. The highest BCUT2D eigenvalue weighted by Gasteiger charge is 2.41. The van der Waals surface area contributed by atoms with Gasteiger partial charge in [0, 0.05) is 18.9 Å². The molecule has 1 saturated carbocycles. The van der Waals surface area contributed by atoms with Crippen LogP contribution in [0.3, 0.4) is 0 Å². The van der Waals surface area contributed by atoms with Crippen molar-refractivity contribution >= 4 is 5.97 Å². The van der Waals surface area contributed by atoms with Crippen LogP contribution in [0.15, 0.2) is 0 Å². The molecule has 1 aliphatic heterocycles. The molecule has 1 spiro atoms. The van der Waals surface area contributed by atoms with Crippen molar-refractivity contribution in [2.24, 2.45) is 0 Å². The summed E-state index contributed by atoms with van der Waals surface area (Å²) in [6.45, 7) is 4.43. The Labute approximate surface area is 121 Å². The van der Waals surface area contributed by atoms with Crippen LogP contribution in [0.5, 0.6) is 0 Å². The molecule has 116 valence electrons. The van der Waals surface area contributed by atoms with Crippen molar-refractivity contribution in [2.45, 2.75) is 57.3 Å². The normalized spacial score (nSPS) is 22.6. The monoisotopic (exact) mass is 285 g/mol. The van der Waals surface area contributed by atoms with Crippen LogP contribution in [0.4, 0.5) is 0 Å². The third-order valence-corrected chi connectivity index (χ3v) is 4.29. The number of hydrogen-bond acceptors (Lipinski definition) is 5. The zero-order valence-corrected chi connectivity index (χ0v) is 12.7. The molecule has 0 N–H and O–H groups in total. The molecule has 0 aromatic carbocycles. The molecule has 2 aliphatic rings. The Morgan fingerprint density at radius 3 is 2.55 bits per heavy atom. The molecular formula is C15H27NO4. The van der Waals surface area contributed by atoms with Crippen molar-refractivity contribution in [3.8, 4) is 0 Å². The Hall–Kier alpha value is -0.650. The average molecular weight is 285 g/mol. The first-order chi connectivity index (χ1) is 9.65. The maximum atomic E-state index is 11.7.